The van der Waals surface area contributed by atoms with Gasteiger partial charge in [0.1, 0.15) is 5.60 Å². The lowest BCUT2D eigenvalue weighted by atomic mass is 10.1. The number of ether oxygens (including phenoxy) is 1. The average molecular weight is 304 g/mol. The molecule has 1 aromatic carbocycles. The number of aromatic nitrogens is 1. The standard InChI is InChI=1S/C15H16N2O5/c1-15(2,3)22-14(21)17-8-4-5-11-9(6-8)10(7-16-11)12(18)13(19)20/h4-7,16H,1-3H3,(H,17,21)(H,19,20). The predicted molar refractivity (Wildman–Crippen MR) is 80.1 cm³/mol. The van der Waals surface area contributed by atoms with E-state index >= 15 is 0 Å². The SMILES string of the molecule is CC(C)(C)OC(=O)Nc1ccc2[nH]cc(C(=O)C(=O)O)c2c1. The van der Waals surface area contributed by atoms with Gasteiger partial charge in [0.05, 0.1) is 5.56 Å². The van der Waals surface area contributed by atoms with Crippen molar-refractivity contribution >= 4 is 34.4 Å². The summed E-state index contributed by atoms with van der Waals surface area (Å²) in [4.78, 5) is 37.0. The lowest BCUT2D eigenvalue weighted by Gasteiger charge is -2.19. The van der Waals surface area contributed by atoms with E-state index in [2.05, 4.69) is 10.3 Å². The van der Waals surface area contributed by atoms with E-state index in [4.69, 9.17) is 9.84 Å². The van der Waals surface area contributed by atoms with E-state index in [9.17, 15) is 14.4 Å². The van der Waals surface area contributed by atoms with Gasteiger partial charge in [-0.15, -0.1) is 0 Å². The molecule has 3 N–H and O–H groups in total. The zero-order valence-electron chi connectivity index (χ0n) is 12.4. The molecule has 22 heavy (non-hydrogen) atoms. The Bertz CT molecular complexity index is 755. The first kappa shape index (κ1) is 15.6. The van der Waals surface area contributed by atoms with Crippen LogP contribution in [0.2, 0.25) is 0 Å². The number of nitrogens with one attached hydrogen (secondary N) is 2. The highest BCUT2D eigenvalue weighted by Crippen LogP contribution is 2.23. The molecule has 0 atom stereocenters. The summed E-state index contributed by atoms with van der Waals surface area (Å²) in [7, 11) is 0. The van der Waals surface area contributed by atoms with Crippen LogP contribution in [0.4, 0.5) is 10.5 Å². The van der Waals surface area contributed by atoms with Crippen LogP contribution in [0.25, 0.3) is 10.9 Å². The van der Waals surface area contributed by atoms with Crippen molar-refractivity contribution in [3.05, 3.63) is 30.0 Å². The quantitative estimate of drug-likeness (QED) is 0.597. The van der Waals surface area contributed by atoms with Crippen LogP contribution < -0.4 is 5.32 Å². The molecule has 7 heteroatoms. The van der Waals surface area contributed by atoms with E-state index < -0.39 is 23.4 Å². The number of carboxylic acid groups (broad SMARTS) is 1. The number of fused-ring (bicyclic) bond motifs is 1. The number of amides is 1. The first-order chi connectivity index (χ1) is 10.2. The van der Waals surface area contributed by atoms with Crippen molar-refractivity contribution in [1.29, 1.82) is 0 Å². The summed E-state index contributed by atoms with van der Waals surface area (Å²) >= 11 is 0. The fraction of sp³-hybridized carbons (Fsp3) is 0.267. The Morgan fingerprint density at radius 2 is 1.91 bits per heavy atom. The van der Waals surface area contributed by atoms with E-state index in [1.165, 1.54) is 12.3 Å². The Morgan fingerprint density at radius 3 is 2.50 bits per heavy atom. The van der Waals surface area contributed by atoms with E-state index in [0.717, 1.165) is 0 Å². The second-order valence-corrected chi connectivity index (χ2v) is 5.72. The largest absolute Gasteiger partial charge is 0.475 e. The zero-order valence-corrected chi connectivity index (χ0v) is 12.4. The molecule has 0 spiro atoms. The fourth-order valence-corrected chi connectivity index (χ4v) is 1.92. The van der Waals surface area contributed by atoms with Gasteiger partial charge in [-0.05, 0) is 39.0 Å². The van der Waals surface area contributed by atoms with Crippen LogP contribution in [0.3, 0.4) is 0 Å². The van der Waals surface area contributed by atoms with Gasteiger partial charge in [-0.1, -0.05) is 0 Å². The van der Waals surface area contributed by atoms with E-state index in [0.29, 0.717) is 16.6 Å². The average Bonchev–Trinajstić information content (AvgIpc) is 2.78. The van der Waals surface area contributed by atoms with Crippen molar-refractivity contribution in [2.45, 2.75) is 26.4 Å². The highest BCUT2D eigenvalue weighted by molar-refractivity contribution is 6.42. The predicted octanol–water partition coefficient (Wildman–Crippen LogP) is 2.78. The van der Waals surface area contributed by atoms with Crippen molar-refractivity contribution in [3.63, 3.8) is 0 Å². The Labute approximate surface area is 126 Å². The van der Waals surface area contributed by atoms with Gasteiger partial charge in [0.15, 0.2) is 0 Å². The molecule has 0 saturated carbocycles. The third-order valence-corrected chi connectivity index (χ3v) is 2.77. The third-order valence-electron chi connectivity index (χ3n) is 2.77. The summed E-state index contributed by atoms with van der Waals surface area (Å²) < 4.78 is 5.13. The summed E-state index contributed by atoms with van der Waals surface area (Å²) in [6, 6.07) is 4.78. The van der Waals surface area contributed by atoms with Crippen molar-refractivity contribution in [3.8, 4) is 0 Å². The molecular weight excluding hydrogens is 288 g/mol. The number of hydrogen-bond acceptors (Lipinski definition) is 4. The number of carbonyl (C=O) groups excluding carboxylic acids is 2. The first-order valence-electron chi connectivity index (χ1n) is 6.56. The number of rotatable bonds is 3. The minimum absolute atomic E-state index is 0.0374. The number of aromatic amines is 1. The molecule has 0 bridgehead atoms. The molecule has 1 amide bonds. The number of carbonyl (C=O) groups is 3. The van der Waals surface area contributed by atoms with Crippen LogP contribution in [0, 0.1) is 0 Å². The zero-order chi connectivity index (χ0) is 16.5. The maximum absolute atomic E-state index is 11.7. The molecule has 0 aliphatic heterocycles. The van der Waals surface area contributed by atoms with Crippen molar-refractivity contribution in [1.82, 2.24) is 4.98 Å². The number of benzene rings is 1. The van der Waals surface area contributed by atoms with E-state index in [1.807, 2.05) is 0 Å². The highest BCUT2D eigenvalue weighted by Gasteiger charge is 2.20. The molecule has 2 rings (SSSR count). The summed E-state index contributed by atoms with van der Waals surface area (Å²) in [5.74, 6) is -2.55. The lowest BCUT2D eigenvalue weighted by Crippen LogP contribution is -2.27. The maximum Gasteiger partial charge on any atom is 0.412 e. The van der Waals surface area contributed by atoms with Crippen LogP contribution in [-0.2, 0) is 9.53 Å². The number of ketones is 1. The molecule has 0 aliphatic carbocycles. The van der Waals surface area contributed by atoms with Crippen LogP contribution in [0.5, 0.6) is 0 Å². The van der Waals surface area contributed by atoms with Crippen molar-refractivity contribution in [2.24, 2.45) is 0 Å². The maximum atomic E-state index is 11.7. The molecule has 0 unspecified atom stereocenters. The van der Waals surface area contributed by atoms with Crippen molar-refractivity contribution < 1.29 is 24.2 Å². The summed E-state index contributed by atoms with van der Waals surface area (Å²) in [5.41, 5.74) is 0.405. The monoisotopic (exact) mass is 304 g/mol. The van der Waals surface area contributed by atoms with Gasteiger partial charge in [0, 0.05) is 22.8 Å². The highest BCUT2D eigenvalue weighted by atomic mass is 16.6. The summed E-state index contributed by atoms with van der Waals surface area (Å²) in [5, 5.41) is 11.8. The molecule has 7 nitrogen and oxygen atoms in total. The van der Waals surface area contributed by atoms with Gasteiger partial charge in [0.25, 0.3) is 5.78 Å². The normalized spacial score (nSPS) is 11.2. The number of aliphatic carboxylic acids is 1. The smallest absolute Gasteiger partial charge is 0.412 e. The first-order valence-corrected chi connectivity index (χ1v) is 6.56. The van der Waals surface area contributed by atoms with Crippen LogP contribution in [-0.4, -0.2) is 33.5 Å². The second-order valence-electron chi connectivity index (χ2n) is 5.72. The Kier molecular flexibility index (Phi) is 3.90. The molecule has 1 heterocycles. The number of H-pyrrole nitrogens is 1. The van der Waals surface area contributed by atoms with Crippen molar-refractivity contribution in [2.75, 3.05) is 5.32 Å². The van der Waals surface area contributed by atoms with E-state index in [1.54, 1.807) is 32.9 Å². The number of hydrogen-bond donors (Lipinski definition) is 3. The van der Waals surface area contributed by atoms with Gasteiger partial charge in [-0.25, -0.2) is 9.59 Å². The molecule has 116 valence electrons. The van der Waals surface area contributed by atoms with Gasteiger partial charge < -0.3 is 14.8 Å². The number of Topliss-reactive ketones (excluding diaryl/α,β-unsaturated/α-hetero) is 1. The number of carboxylic acids is 1. The van der Waals surface area contributed by atoms with Crippen LogP contribution in [0.15, 0.2) is 24.4 Å². The molecule has 0 aliphatic rings. The van der Waals surface area contributed by atoms with E-state index in [-0.39, 0.29) is 5.56 Å². The summed E-state index contributed by atoms with van der Waals surface area (Å²) in [6.07, 6.45) is 0.701. The van der Waals surface area contributed by atoms with Gasteiger partial charge >= 0.3 is 12.1 Å². The van der Waals surface area contributed by atoms with Crippen LogP contribution >= 0.6 is 0 Å². The molecular formula is C15H16N2O5. The number of anilines is 1. The van der Waals surface area contributed by atoms with Crippen LogP contribution in [0.1, 0.15) is 31.1 Å². The topological polar surface area (TPSA) is 108 Å². The van der Waals surface area contributed by atoms with Gasteiger partial charge in [0.2, 0.25) is 0 Å². The molecule has 2 aromatic rings. The minimum Gasteiger partial charge on any atom is -0.475 e. The minimum atomic E-state index is -1.54. The summed E-state index contributed by atoms with van der Waals surface area (Å²) in [6.45, 7) is 5.22. The lowest BCUT2D eigenvalue weighted by molar-refractivity contribution is -0.131. The Balaban J connectivity index is 2.30. The van der Waals surface area contributed by atoms with Gasteiger partial charge in [-0.2, -0.15) is 0 Å². The Morgan fingerprint density at radius 1 is 1.23 bits per heavy atom. The fourth-order valence-electron chi connectivity index (χ4n) is 1.92. The molecule has 0 saturated heterocycles. The van der Waals surface area contributed by atoms with Gasteiger partial charge in [-0.3, -0.25) is 10.1 Å². The Hall–Kier alpha value is -2.83. The molecule has 0 fully saturated rings. The second kappa shape index (κ2) is 5.51. The molecule has 1 aromatic heterocycles. The molecule has 0 radical (unpaired) electrons. The third kappa shape index (κ3) is 3.43.